The zero-order valence-corrected chi connectivity index (χ0v) is 23.5. The number of esters is 2. The lowest BCUT2D eigenvalue weighted by Gasteiger charge is -2.57. The van der Waals surface area contributed by atoms with Crippen molar-refractivity contribution in [3.63, 3.8) is 0 Å². The van der Waals surface area contributed by atoms with Crippen LogP contribution in [0.4, 0.5) is 0 Å². The maximum Gasteiger partial charge on any atom is 0.306 e. The van der Waals surface area contributed by atoms with Gasteiger partial charge in [-0.25, -0.2) is 0 Å². The summed E-state index contributed by atoms with van der Waals surface area (Å²) in [5, 5.41) is 0. The van der Waals surface area contributed by atoms with Crippen LogP contribution in [-0.2, 0) is 19.1 Å². The van der Waals surface area contributed by atoms with Crippen molar-refractivity contribution >= 4 is 17.5 Å². The van der Waals surface area contributed by atoms with Crippen LogP contribution in [0.2, 0.25) is 0 Å². The van der Waals surface area contributed by atoms with Gasteiger partial charge in [0.2, 0.25) is 0 Å². The van der Waals surface area contributed by atoms with Gasteiger partial charge in [0.15, 0.2) is 0 Å². The minimum Gasteiger partial charge on any atom is -0.466 e. The second-order valence-corrected chi connectivity index (χ2v) is 12.5. The summed E-state index contributed by atoms with van der Waals surface area (Å²) in [6, 6.07) is 4.29. The van der Waals surface area contributed by atoms with Crippen molar-refractivity contribution in [3.8, 4) is 0 Å². The summed E-state index contributed by atoms with van der Waals surface area (Å²) in [6.07, 6.45) is 20.1. The highest BCUT2D eigenvalue weighted by Gasteiger charge is 2.57. The Morgan fingerprint density at radius 2 is 1.76 bits per heavy atom. The number of rotatable bonds is 9. The van der Waals surface area contributed by atoms with Gasteiger partial charge < -0.3 is 9.47 Å². The first kappa shape index (κ1) is 27.1. The molecule has 0 aromatic carbocycles. The van der Waals surface area contributed by atoms with E-state index >= 15 is 0 Å². The molecule has 0 saturated heterocycles. The molecule has 0 radical (unpaired) electrons. The Hall–Kier alpha value is -2.43. The molecule has 38 heavy (non-hydrogen) atoms. The van der Waals surface area contributed by atoms with Crippen molar-refractivity contribution in [2.45, 2.75) is 104 Å². The molecule has 2 fully saturated rings. The van der Waals surface area contributed by atoms with Gasteiger partial charge in [0.1, 0.15) is 6.10 Å². The van der Waals surface area contributed by atoms with E-state index in [1.165, 1.54) is 30.4 Å². The van der Waals surface area contributed by atoms with Crippen LogP contribution in [0.5, 0.6) is 0 Å². The molecule has 0 spiro atoms. The van der Waals surface area contributed by atoms with Gasteiger partial charge >= 0.3 is 11.9 Å². The molecule has 5 heteroatoms. The van der Waals surface area contributed by atoms with Gasteiger partial charge in [-0.2, -0.15) is 0 Å². The van der Waals surface area contributed by atoms with Crippen molar-refractivity contribution in [1.82, 2.24) is 4.98 Å². The number of ether oxygens (including phenoxy) is 2. The van der Waals surface area contributed by atoms with Gasteiger partial charge in [-0.05, 0) is 104 Å². The van der Waals surface area contributed by atoms with Crippen LogP contribution in [0.15, 0.2) is 42.3 Å². The number of unbranched alkanes of at least 4 members (excludes halogenated alkanes) is 2. The minimum atomic E-state index is -0.149. The summed E-state index contributed by atoms with van der Waals surface area (Å²) in [5.41, 5.74) is 4.84. The van der Waals surface area contributed by atoms with E-state index in [1.807, 2.05) is 19.3 Å². The number of hydrogen-bond acceptors (Lipinski definition) is 5. The molecule has 0 unspecified atom stereocenters. The molecule has 4 aliphatic rings. The van der Waals surface area contributed by atoms with E-state index in [1.54, 1.807) is 5.57 Å². The maximum absolute atomic E-state index is 12.5. The Labute approximate surface area is 228 Å². The third kappa shape index (κ3) is 5.22. The molecule has 5 rings (SSSR count). The van der Waals surface area contributed by atoms with Crippen molar-refractivity contribution in [3.05, 3.63) is 47.8 Å². The highest BCUT2D eigenvalue weighted by molar-refractivity contribution is 5.72. The predicted octanol–water partition coefficient (Wildman–Crippen LogP) is 7.46. The first-order chi connectivity index (χ1) is 18.3. The topological polar surface area (TPSA) is 65.5 Å². The first-order valence-electron chi connectivity index (χ1n) is 15.0. The molecule has 1 heterocycles. The van der Waals surface area contributed by atoms with Crippen LogP contribution in [-0.4, -0.2) is 29.6 Å². The highest BCUT2D eigenvalue weighted by atomic mass is 16.5. The number of fused-ring (bicyclic) bond motifs is 5. The monoisotopic (exact) mass is 519 g/mol. The fourth-order valence-corrected chi connectivity index (χ4v) is 8.46. The lowest BCUT2D eigenvalue weighted by atomic mass is 9.47. The zero-order chi connectivity index (χ0) is 26.8. The second kappa shape index (κ2) is 11.4. The Bertz CT molecular complexity index is 1080. The van der Waals surface area contributed by atoms with Crippen molar-refractivity contribution in [2.75, 3.05) is 6.61 Å². The number of hydrogen-bond donors (Lipinski definition) is 0. The molecule has 206 valence electrons. The summed E-state index contributed by atoms with van der Waals surface area (Å²) in [4.78, 5) is 28.4. The fourth-order valence-electron chi connectivity index (χ4n) is 8.46. The quantitative estimate of drug-likeness (QED) is 0.192. The van der Waals surface area contributed by atoms with Crippen LogP contribution in [0, 0.1) is 28.6 Å². The molecule has 6 atom stereocenters. The molecule has 5 nitrogen and oxygen atoms in total. The van der Waals surface area contributed by atoms with Crippen molar-refractivity contribution in [1.29, 1.82) is 0 Å². The van der Waals surface area contributed by atoms with E-state index < -0.39 is 0 Å². The van der Waals surface area contributed by atoms with Crippen LogP contribution >= 0.6 is 0 Å². The Balaban J connectivity index is 1.15. The molecular weight excluding hydrogens is 474 g/mol. The minimum absolute atomic E-state index is 0.0112. The third-order valence-corrected chi connectivity index (χ3v) is 10.5. The second-order valence-electron chi connectivity index (χ2n) is 12.5. The average Bonchev–Trinajstić information content (AvgIpc) is 3.26. The number of carbonyl (C=O) groups excluding carboxylic acids is 2. The van der Waals surface area contributed by atoms with E-state index in [-0.39, 0.29) is 28.9 Å². The van der Waals surface area contributed by atoms with E-state index in [0.717, 1.165) is 56.8 Å². The smallest absolute Gasteiger partial charge is 0.306 e. The molecular formula is C33H45NO4. The van der Waals surface area contributed by atoms with Crippen LogP contribution in [0.3, 0.4) is 0 Å². The molecule has 2 saturated carbocycles. The lowest BCUT2D eigenvalue weighted by Crippen LogP contribution is -2.50. The average molecular weight is 520 g/mol. The van der Waals surface area contributed by atoms with Crippen LogP contribution < -0.4 is 0 Å². The van der Waals surface area contributed by atoms with Crippen LogP contribution in [0.1, 0.15) is 103 Å². The fraction of sp³-hybridized carbons (Fsp3) is 0.667. The number of carbonyl (C=O) groups is 2. The summed E-state index contributed by atoms with van der Waals surface area (Å²) in [5.74, 6) is 1.91. The van der Waals surface area contributed by atoms with Crippen LogP contribution in [0.25, 0.3) is 5.57 Å². The summed E-state index contributed by atoms with van der Waals surface area (Å²) >= 11 is 0. The zero-order valence-electron chi connectivity index (χ0n) is 23.5. The molecule has 0 amide bonds. The maximum atomic E-state index is 12.5. The van der Waals surface area contributed by atoms with Gasteiger partial charge in [-0.15, -0.1) is 0 Å². The van der Waals surface area contributed by atoms with E-state index in [0.29, 0.717) is 25.4 Å². The van der Waals surface area contributed by atoms with E-state index in [9.17, 15) is 9.59 Å². The van der Waals surface area contributed by atoms with Gasteiger partial charge in [0, 0.05) is 31.7 Å². The summed E-state index contributed by atoms with van der Waals surface area (Å²) in [7, 11) is 0. The Morgan fingerprint density at radius 3 is 2.53 bits per heavy atom. The lowest BCUT2D eigenvalue weighted by molar-refractivity contribution is -0.151. The Morgan fingerprint density at radius 1 is 0.974 bits per heavy atom. The molecule has 1 aromatic heterocycles. The van der Waals surface area contributed by atoms with E-state index in [2.05, 4.69) is 43.1 Å². The van der Waals surface area contributed by atoms with Gasteiger partial charge in [0.25, 0.3) is 0 Å². The third-order valence-electron chi connectivity index (χ3n) is 10.5. The van der Waals surface area contributed by atoms with E-state index in [4.69, 9.17) is 9.47 Å². The SMILES string of the molecule is CCOC(=O)CCCCCC(=O)O[C@@H]1CC[C@@]2(C)C(=CC[C@@H]3[C@@H]2CC[C@]2(C)C(c4cccnc4)=CC[C@@H]32)C1. The number of allylic oxidation sites excluding steroid dienone is 3. The largest absolute Gasteiger partial charge is 0.466 e. The molecule has 0 bridgehead atoms. The predicted molar refractivity (Wildman–Crippen MR) is 149 cm³/mol. The van der Waals surface area contributed by atoms with Gasteiger partial charge in [0.05, 0.1) is 6.61 Å². The molecule has 0 N–H and O–H groups in total. The van der Waals surface area contributed by atoms with Gasteiger partial charge in [-0.1, -0.05) is 44.1 Å². The number of nitrogens with zero attached hydrogens (tertiary/aromatic N) is 1. The number of pyridine rings is 1. The molecule has 0 aliphatic heterocycles. The number of aromatic nitrogens is 1. The molecule has 1 aromatic rings. The Kier molecular flexibility index (Phi) is 8.11. The molecule has 4 aliphatic carbocycles. The summed E-state index contributed by atoms with van der Waals surface area (Å²) < 4.78 is 10.9. The highest BCUT2D eigenvalue weighted by Crippen LogP contribution is 2.66. The standard InChI is InChI=1S/C33H45NO4/c1-4-37-30(35)10-6-5-7-11-31(36)38-25-16-18-32(2)24(21-25)12-13-26-28-15-14-27(23-9-8-20-34-22-23)33(28,3)19-17-29(26)32/h8-9,12,14,20,22,25-26,28-29H,4-7,10-11,13,15-19,21H2,1-3H3/t25-,26+,28+,29+,32+,33-/m1/s1. The normalized spacial score (nSPS) is 33.8. The summed E-state index contributed by atoms with van der Waals surface area (Å²) in [6.45, 7) is 7.26. The van der Waals surface area contributed by atoms with Crippen molar-refractivity contribution < 1.29 is 19.1 Å². The van der Waals surface area contributed by atoms with Gasteiger partial charge in [-0.3, -0.25) is 14.6 Å². The first-order valence-corrected chi connectivity index (χ1v) is 15.0. The van der Waals surface area contributed by atoms with Crippen molar-refractivity contribution in [2.24, 2.45) is 28.6 Å².